The number of rotatable bonds is 2. The van der Waals surface area contributed by atoms with Crippen LogP contribution in [0.25, 0.3) is 5.69 Å². The topological polar surface area (TPSA) is 64.2 Å². The van der Waals surface area contributed by atoms with E-state index in [0.717, 1.165) is 25.1 Å². The molecule has 1 fully saturated rings. The number of benzene rings is 1. The Labute approximate surface area is 118 Å². The van der Waals surface area contributed by atoms with Gasteiger partial charge in [0, 0.05) is 37.1 Å². The van der Waals surface area contributed by atoms with Crippen molar-refractivity contribution in [3.05, 3.63) is 48.3 Å². The molecule has 0 radical (unpaired) electrons. The number of hydrogen-bond acceptors (Lipinski definition) is 3. The SMILES string of the molecule is NC1CCCN(C(=O)c2ccc(-n3cccn3)cc2)C1. The second-order valence-electron chi connectivity index (χ2n) is 5.15. The second-order valence-corrected chi connectivity index (χ2v) is 5.15. The fraction of sp³-hybridized carbons (Fsp3) is 0.333. The number of nitrogens with two attached hydrogens (primary N) is 1. The number of likely N-dealkylation sites (tertiary alicyclic amines) is 1. The zero-order valence-electron chi connectivity index (χ0n) is 11.3. The van der Waals surface area contributed by atoms with E-state index in [-0.39, 0.29) is 11.9 Å². The van der Waals surface area contributed by atoms with E-state index in [9.17, 15) is 4.79 Å². The summed E-state index contributed by atoms with van der Waals surface area (Å²) in [6.45, 7) is 1.45. The van der Waals surface area contributed by atoms with Crippen LogP contribution in [0.15, 0.2) is 42.7 Å². The summed E-state index contributed by atoms with van der Waals surface area (Å²) in [5.41, 5.74) is 7.57. The number of hydrogen-bond donors (Lipinski definition) is 1. The second kappa shape index (κ2) is 5.46. The Morgan fingerprint density at radius 2 is 2.10 bits per heavy atom. The van der Waals surface area contributed by atoms with Crippen molar-refractivity contribution in [2.75, 3.05) is 13.1 Å². The number of amides is 1. The lowest BCUT2D eigenvalue weighted by Crippen LogP contribution is -2.45. The molecule has 1 unspecified atom stereocenters. The van der Waals surface area contributed by atoms with Crippen LogP contribution in [0.4, 0.5) is 0 Å². The molecule has 0 saturated carbocycles. The summed E-state index contributed by atoms with van der Waals surface area (Å²) in [5, 5.41) is 4.17. The molecular weight excluding hydrogens is 252 g/mol. The summed E-state index contributed by atoms with van der Waals surface area (Å²) in [7, 11) is 0. The summed E-state index contributed by atoms with van der Waals surface area (Å²) in [6, 6.07) is 9.48. The van der Waals surface area contributed by atoms with Crippen molar-refractivity contribution in [1.82, 2.24) is 14.7 Å². The third kappa shape index (κ3) is 2.58. The molecule has 2 heterocycles. The first-order valence-electron chi connectivity index (χ1n) is 6.89. The van der Waals surface area contributed by atoms with E-state index in [1.165, 1.54) is 0 Å². The zero-order valence-corrected chi connectivity index (χ0v) is 11.3. The van der Waals surface area contributed by atoms with Gasteiger partial charge in [-0.25, -0.2) is 4.68 Å². The third-order valence-corrected chi connectivity index (χ3v) is 3.63. The maximum absolute atomic E-state index is 12.4. The smallest absolute Gasteiger partial charge is 0.253 e. The Balaban J connectivity index is 1.75. The molecular formula is C15H18N4O. The van der Waals surface area contributed by atoms with Crippen molar-refractivity contribution in [2.24, 2.45) is 5.73 Å². The van der Waals surface area contributed by atoms with Crippen molar-refractivity contribution in [3.8, 4) is 5.69 Å². The van der Waals surface area contributed by atoms with Gasteiger partial charge in [-0.05, 0) is 43.2 Å². The van der Waals surface area contributed by atoms with Crippen LogP contribution in [0.5, 0.6) is 0 Å². The Kier molecular flexibility index (Phi) is 3.52. The maximum atomic E-state index is 12.4. The molecule has 3 rings (SSSR count). The molecule has 1 amide bonds. The number of nitrogens with zero attached hydrogens (tertiary/aromatic N) is 3. The first-order chi connectivity index (χ1) is 9.74. The van der Waals surface area contributed by atoms with Crippen LogP contribution >= 0.6 is 0 Å². The van der Waals surface area contributed by atoms with E-state index in [1.54, 1.807) is 10.9 Å². The van der Waals surface area contributed by atoms with Crippen molar-refractivity contribution in [2.45, 2.75) is 18.9 Å². The Morgan fingerprint density at radius 1 is 1.30 bits per heavy atom. The molecule has 1 aromatic carbocycles. The summed E-state index contributed by atoms with van der Waals surface area (Å²) in [4.78, 5) is 14.2. The van der Waals surface area contributed by atoms with Gasteiger partial charge in [-0.1, -0.05) is 0 Å². The molecule has 1 saturated heterocycles. The standard InChI is InChI=1S/C15H18N4O/c16-13-3-1-9-18(11-13)15(20)12-4-6-14(7-5-12)19-10-2-8-17-19/h2,4-8,10,13H,1,3,9,11,16H2. The number of carbonyl (C=O) groups is 1. The van der Waals surface area contributed by atoms with Crippen molar-refractivity contribution < 1.29 is 4.79 Å². The summed E-state index contributed by atoms with van der Waals surface area (Å²) in [5.74, 6) is 0.0622. The number of aromatic nitrogens is 2. The lowest BCUT2D eigenvalue weighted by Gasteiger charge is -2.30. The lowest BCUT2D eigenvalue weighted by atomic mass is 10.1. The highest BCUT2D eigenvalue weighted by Gasteiger charge is 2.22. The minimum absolute atomic E-state index is 0.0622. The fourth-order valence-corrected chi connectivity index (χ4v) is 2.56. The number of piperidine rings is 1. The molecule has 5 heteroatoms. The highest BCUT2D eigenvalue weighted by Crippen LogP contribution is 2.14. The lowest BCUT2D eigenvalue weighted by molar-refractivity contribution is 0.0709. The quantitative estimate of drug-likeness (QED) is 0.898. The molecule has 1 atom stereocenters. The van der Waals surface area contributed by atoms with Crippen molar-refractivity contribution in [3.63, 3.8) is 0 Å². The average molecular weight is 270 g/mol. The van der Waals surface area contributed by atoms with Gasteiger partial charge in [-0.3, -0.25) is 4.79 Å². The summed E-state index contributed by atoms with van der Waals surface area (Å²) in [6.07, 6.45) is 5.59. The highest BCUT2D eigenvalue weighted by molar-refractivity contribution is 5.94. The van der Waals surface area contributed by atoms with E-state index in [4.69, 9.17) is 5.73 Å². The molecule has 5 nitrogen and oxygen atoms in total. The molecule has 104 valence electrons. The van der Waals surface area contributed by atoms with Gasteiger partial charge in [0.2, 0.25) is 0 Å². The van der Waals surface area contributed by atoms with Crippen molar-refractivity contribution in [1.29, 1.82) is 0 Å². The van der Waals surface area contributed by atoms with Crippen LogP contribution in [0.1, 0.15) is 23.2 Å². The first kappa shape index (κ1) is 12.9. The van der Waals surface area contributed by atoms with Crippen LogP contribution in [0.2, 0.25) is 0 Å². The largest absolute Gasteiger partial charge is 0.337 e. The number of carbonyl (C=O) groups excluding carboxylic acids is 1. The van der Waals surface area contributed by atoms with Gasteiger partial charge in [-0.2, -0.15) is 5.10 Å². The Hall–Kier alpha value is -2.14. The highest BCUT2D eigenvalue weighted by atomic mass is 16.2. The van der Waals surface area contributed by atoms with Crippen LogP contribution in [0, 0.1) is 0 Å². The Morgan fingerprint density at radius 3 is 2.75 bits per heavy atom. The van der Waals surface area contributed by atoms with Gasteiger partial charge in [-0.15, -0.1) is 0 Å². The van der Waals surface area contributed by atoms with Gasteiger partial charge in [0.1, 0.15) is 0 Å². The zero-order chi connectivity index (χ0) is 13.9. The maximum Gasteiger partial charge on any atom is 0.253 e. The summed E-state index contributed by atoms with van der Waals surface area (Å²) < 4.78 is 1.77. The van der Waals surface area contributed by atoms with Gasteiger partial charge in [0.25, 0.3) is 5.91 Å². The fourth-order valence-electron chi connectivity index (χ4n) is 2.56. The monoisotopic (exact) mass is 270 g/mol. The predicted octanol–water partition coefficient (Wildman–Crippen LogP) is 1.44. The first-order valence-corrected chi connectivity index (χ1v) is 6.89. The minimum Gasteiger partial charge on any atom is -0.337 e. The molecule has 0 bridgehead atoms. The van der Waals surface area contributed by atoms with Crippen LogP contribution < -0.4 is 5.73 Å². The molecule has 1 aromatic heterocycles. The van der Waals surface area contributed by atoms with E-state index < -0.39 is 0 Å². The van der Waals surface area contributed by atoms with E-state index in [0.29, 0.717) is 12.1 Å². The molecule has 2 aromatic rings. The molecule has 2 N–H and O–H groups in total. The van der Waals surface area contributed by atoms with E-state index in [2.05, 4.69) is 5.10 Å². The minimum atomic E-state index is 0.0622. The van der Waals surface area contributed by atoms with E-state index >= 15 is 0 Å². The summed E-state index contributed by atoms with van der Waals surface area (Å²) >= 11 is 0. The molecule has 1 aliphatic rings. The average Bonchev–Trinajstić information content (AvgIpc) is 3.01. The Bertz CT molecular complexity index is 576. The van der Waals surface area contributed by atoms with Crippen molar-refractivity contribution >= 4 is 5.91 Å². The van der Waals surface area contributed by atoms with Crippen LogP contribution in [-0.2, 0) is 0 Å². The molecule has 0 aliphatic carbocycles. The predicted molar refractivity (Wildman–Crippen MR) is 76.7 cm³/mol. The van der Waals surface area contributed by atoms with Crippen LogP contribution in [-0.4, -0.2) is 39.7 Å². The van der Waals surface area contributed by atoms with Gasteiger partial charge >= 0.3 is 0 Å². The normalized spacial score (nSPS) is 19.1. The van der Waals surface area contributed by atoms with Gasteiger partial charge in [0.05, 0.1) is 5.69 Å². The van der Waals surface area contributed by atoms with Gasteiger partial charge in [0.15, 0.2) is 0 Å². The third-order valence-electron chi connectivity index (χ3n) is 3.63. The van der Waals surface area contributed by atoms with Crippen LogP contribution in [0.3, 0.4) is 0 Å². The molecule has 20 heavy (non-hydrogen) atoms. The van der Waals surface area contributed by atoms with Gasteiger partial charge < -0.3 is 10.6 Å². The molecule has 0 spiro atoms. The van der Waals surface area contributed by atoms with E-state index in [1.807, 2.05) is 41.4 Å². The molecule has 1 aliphatic heterocycles.